The van der Waals surface area contributed by atoms with Gasteiger partial charge in [-0.15, -0.1) is 21.5 Å². The molecule has 0 radical (unpaired) electrons. The first kappa shape index (κ1) is 23.6. The minimum atomic E-state index is -0.0721. The summed E-state index contributed by atoms with van der Waals surface area (Å²) in [5.41, 5.74) is 2.39. The maximum Gasteiger partial charge on any atom is 0.270 e. The molecule has 1 amide bonds. The van der Waals surface area contributed by atoms with Gasteiger partial charge < -0.3 is 10.1 Å². The van der Waals surface area contributed by atoms with Crippen molar-refractivity contribution in [2.75, 3.05) is 7.11 Å². The fourth-order valence-corrected chi connectivity index (χ4v) is 5.98. The van der Waals surface area contributed by atoms with Crippen molar-refractivity contribution in [3.63, 3.8) is 0 Å². The number of carbonyl (C=O) groups excluding carboxylic acids is 1. The van der Waals surface area contributed by atoms with E-state index in [0.717, 1.165) is 45.8 Å². The van der Waals surface area contributed by atoms with Crippen molar-refractivity contribution in [3.05, 3.63) is 70.7 Å². The van der Waals surface area contributed by atoms with Gasteiger partial charge >= 0.3 is 0 Å². The van der Waals surface area contributed by atoms with Gasteiger partial charge in [-0.2, -0.15) is 0 Å². The smallest absolute Gasteiger partial charge is 0.270 e. The third-order valence-electron chi connectivity index (χ3n) is 6.03. The number of ether oxygens (including phenoxy) is 1. The Morgan fingerprint density at radius 3 is 2.74 bits per heavy atom. The maximum absolute atomic E-state index is 12.6. The van der Waals surface area contributed by atoms with E-state index in [1.54, 1.807) is 18.9 Å². The molecule has 4 aromatic rings. The van der Waals surface area contributed by atoms with Gasteiger partial charge in [0, 0.05) is 22.7 Å². The first-order valence-electron chi connectivity index (χ1n) is 11.7. The first-order chi connectivity index (χ1) is 17.2. The molecule has 0 unspecified atom stereocenters. The molecule has 35 heavy (non-hydrogen) atoms. The lowest BCUT2D eigenvalue weighted by Gasteiger charge is -2.22. The van der Waals surface area contributed by atoms with Crippen LogP contribution in [0, 0.1) is 0 Å². The lowest BCUT2D eigenvalue weighted by Crippen LogP contribution is -2.36. The fourth-order valence-electron chi connectivity index (χ4n) is 4.24. The number of nitrogens with zero attached hydrogens (tertiary/aromatic N) is 4. The van der Waals surface area contributed by atoms with Gasteiger partial charge in [-0.25, -0.2) is 4.98 Å². The topological polar surface area (TPSA) is 81.9 Å². The lowest BCUT2D eigenvalue weighted by atomic mass is 9.95. The number of para-hydroxylation sites is 1. The molecule has 0 aliphatic heterocycles. The second kappa shape index (κ2) is 11.0. The van der Waals surface area contributed by atoms with Crippen LogP contribution >= 0.6 is 23.1 Å². The highest BCUT2D eigenvalue weighted by atomic mass is 32.2. The summed E-state index contributed by atoms with van der Waals surface area (Å²) in [5, 5.41) is 15.6. The van der Waals surface area contributed by atoms with Gasteiger partial charge in [0.1, 0.15) is 16.5 Å². The molecule has 0 atom stereocenters. The SMILES string of the molecule is COc1cccc(-c2nnc(SCc3nc(C(=O)NC4CCCCC4)cs3)n2-c2ccccc2)c1. The minimum Gasteiger partial charge on any atom is -0.497 e. The van der Waals surface area contributed by atoms with Crippen LogP contribution in [0.1, 0.15) is 47.6 Å². The van der Waals surface area contributed by atoms with E-state index in [-0.39, 0.29) is 11.9 Å². The molecular formula is C26H27N5O2S2. The summed E-state index contributed by atoms with van der Waals surface area (Å²) in [7, 11) is 1.65. The van der Waals surface area contributed by atoms with Crippen molar-refractivity contribution in [3.8, 4) is 22.8 Å². The van der Waals surface area contributed by atoms with E-state index in [9.17, 15) is 4.79 Å². The van der Waals surface area contributed by atoms with Gasteiger partial charge in [-0.3, -0.25) is 9.36 Å². The maximum atomic E-state index is 12.6. The summed E-state index contributed by atoms with van der Waals surface area (Å²) < 4.78 is 7.45. The van der Waals surface area contributed by atoms with Crippen molar-refractivity contribution in [1.82, 2.24) is 25.1 Å². The molecule has 2 aromatic carbocycles. The van der Waals surface area contributed by atoms with Crippen LogP contribution in [0.2, 0.25) is 0 Å². The van der Waals surface area contributed by atoms with Crippen LogP contribution in [-0.2, 0) is 5.75 Å². The molecular weight excluding hydrogens is 478 g/mol. The van der Waals surface area contributed by atoms with Crippen LogP contribution in [0.3, 0.4) is 0 Å². The molecule has 2 heterocycles. The molecule has 0 saturated heterocycles. The van der Waals surface area contributed by atoms with Gasteiger partial charge in [0.05, 0.1) is 12.9 Å². The Labute approximate surface area is 213 Å². The number of hydrogen-bond acceptors (Lipinski definition) is 7. The predicted octanol–water partition coefficient (Wildman–Crippen LogP) is 5.75. The van der Waals surface area contributed by atoms with E-state index in [4.69, 9.17) is 4.74 Å². The number of benzene rings is 2. The average Bonchev–Trinajstić information content (AvgIpc) is 3.56. The zero-order valence-corrected chi connectivity index (χ0v) is 21.1. The van der Waals surface area contributed by atoms with Crippen LogP contribution in [0.25, 0.3) is 17.1 Å². The molecule has 0 bridgehead atoms. The van der Waals surface area contributed by atoms with Crippen molar-refractivity contribution < 1.29 is 9.53 Å². The molecule has 1 N–H and O–H groups in total. The molecule has 5 rings (SSSR count). The van der Waals surface area contributed by atoms with Gasteiger partial charge in [0.15, 0.2) is 11.0 Å². The van der Waals surface area contributed by atoms with Crippen LogP contribution < -0.4 is 10.1 Å². The molecule has 7 nitrogen and oxygen atoms in total. The summed E-state index contributed by atoms with van der Waals surface area (Å²) in [5.74, 6) is 2.03. The van der Waals surface area contributed by atoms with E-state index in [0.29, 0.717) is 11.4 Å². The summed E-state index contributed by atoms with van der Waals surface area (Å²) in [6.45, 7) is 0. The van der Waals surface area contributed by atoms with Gasteiger partial charge in [-0.1, -0.05) is 61.4 Å². The monoisotopic (exact) mass is 505 g/mol. The number of amides is 1. The summed E-state index contributed by atoms with van der Waals surface area (Å²) in [6.07, 6.45) is 5.75. The van der Waals surface area contributed by atoms with E-state index >= 15 is 0 Å². The second-order valence-electron chi connectivity index (χ2n) is 8.43. The molecule has 2 aromatic heterocycles. The zero-order valence-electron chi connectivity index (χ0n) is 19.5. The highest BCUT2D eigenvalue weighted by molar-refractivity contribution is 7.98. The molecule has 1 saturated carbocycles. The van der Waals surface area contributed by atoms with Crippen molar-refractivity contribution in [2.45, 2.75) is 49.1 Å². The quantitative estimate of drug-likeness (QED) is 0.307. The molecule has 0 spiro atoms. The number of carbonyl (C=O) groups is 1. The number of thiazole rings is 1. The Morgan fingerprint density at radius 2 is 1.94 bits per heavy atom. The number of aromatic nitrogens is 4. The zero-order chi connectivity index (χ0) is 24.0. The Kier molecular flexibility index (Phi) is 7.44. The number of hydrogen-bond donors (Lipinski definition) is 1. The Hall–Kier alpha value is -3.17. The van der Waals surface area contributed by atoms with Crippen LogP contribution in [0.5, 0.6) is 5.75 Å². The highest BCUT2D eigenvalue weighted by Crippen LogP contribution is 2.31. The van der Waals surface area contributed by atoms with Gasteiger partial charge in [-0.05, 0) is 37.1 Å². The van der Waals surface area contributed by atoms with Crippen molar-refractivity contribution >= 4 is 29.0 Å². The number of methoxy groups -OCH3 is 1. The summed E-state index contributed by atoms with van der Waals surface area (Å²) >= 11 is 3.06. The summed E-state index contributed by atoms with van der Waals surface area (Å²) in [4.78, 5) is 17.2. The normalized spacial score (nSPS) is 14.1. The molecule has 9 heteroatoms. The van der Waals surface area contributed by atoms with E-state index in [1.807, 2.05) is 64.5 Å². The largest absolute Gasteiger partial charge is 0.497 e. The second-order valence-corrected chi connectivity index (χ2v) is 10.3. The number of thioether (sulfide) groups is 1. The van der Waals surface area contributed by atoms with Crippen LogP contribution in [-0.4, -0.2) is 38.8 Å². The highest BCUT2D eigenvalue weighted by Gasteiger charge is 2.20. The Bertz CT molecular complexity index is 1280. The predicted molar refractivity (Wildman–Crippen MR) is 139 cm³/mol. The Morgan fingerprint density at radius 1 is 1.11 bits per heavy atom. The third kappa shape index (κ3) is 5.57. The first-order valence-corrected chi connectivity index (χ1v) is 13.6. The molecule has 1 aliphatic rings. The fraction of sp³-hybridized carbons (Fsp3) is 0.308. The average molecular weight is 506 g/mol. The molecule has 1 aliphatic carbocycles. The van der Waals surface area contributed by atoms with E-state index < -0.39 is 0 Å². The molecule has 1 fully saturated rings. The number of nitrogens with one attached hydrogen (secondary N) is 1. The number of rotatable bonds is 8. The van der Waals surface area contributed by atoms with Crippen LogP contribution in [0.4, 0.5) is 0 Å². The van der Waals surface area contributed by atoms with Crippen molar-refractivity contribution in [1.29, 1.82) is 0 Å². The standard InChI is InChI=1S/C26H27N5O2S2/c1-33-21-14-8-9-18(15-21)24-29-30-26(31(24)20-12-6-3-7-13-20)35-17-23-28-22(16-34-23)25(32)27-19-10-4-2-5-11-19/h3,6-9,12-16,19H,2,4-5,10-11,17H2,1H3,(H,27,32). The van der Waals surface area contributed by atoms with Gasteiger partial charge in [0.25, 0.3) is 5.91 Å². The third-order valence-corrected chi connectivity index (χ3v) is 8.00. The molecule has 180 valence electrons. The Balaban J connectivity index is 1.34. The van der Waals surface area contributed by atoms with E-state index in [2.05, 4.69) is 20.5 Å². The van der Waals surface area contributed by atoms with Crippen molar-refractivity contribution in [2.24, 2.45) is 0 Å². The lowest BCUT2D eigenvalue weighted by molar-refractivity contribution is 0.0923. The summed E-state index contributed by atoms with van der Waals surface area (Å²) in [6, 6.07) is 18.1. The van der Waals surface area contributed by atoms with Gasteiger partial charge in [0.2, 0.25) is 0 Å². The minimum absolute atomic E-state index is 0.0721. The van der Waals surface area contributed by atoms with E-state index in [1.165, 1.54) is 30.6 Å². The van der Waals surface area contributed by atoms with Crippen LogP contribution in [0.15, 0.2) is 65.1 Å².